The molecule has 1 fully saturated rings. The van der Waals surface area contributed by atoms with E-state index >= 15 is 0 Å². The summed E-state index contributed by atoms with van der Waals surface area (Å²) in [4.78, 5) is 23.8. The maximum atomic E-state index is 12.3. The third-order valence-electron chi connectivity index (χ3n) is 3.49. The third-order valence-corrected chi connectivity index (χ3v) is 3.49. The standard InChI is InChI=1S/C13H19N3O4/c1-2-7-16-10(3-6-14-16)11(17)15-13(12(18)19)4-8-20-9-5-13/h3,6H,2,4-5,7-9H2,1H3,(H,15,17)(H,18,19). The SMILES string of the molecule is CCCn1nccc1C(=O)NC1(C(=O)O)CCOCC1. The lowest BCUT2D eigenvalue weighted by Crippen LogP contribution is -2.57. The minimum Gasteiger partial charge on any atom is -0.480 e. The largest absolute Gasteiger partial charge is 0.480 e. The van der Waals surface area contributed by atoms with Crippen LogP contribution in [0.5, 0.6) is 0 Å². The quantitative estimate of drug-likeness (QED) is 0.826. The summed E-state index contributed by atoms with van der Waals surface area (Å²) in [5.41, 5.74) is -0.852. The van der Waals surface area contributed by atoms with E-state index in [1.54, 1.807) is 16.9 Å². The van der Waals surface area contributed by atoms with Crippen LogP contribution < -0.4 is 5.32 Å². The zero-order valence-electron chi connectivity index (χ0n) is 11.5. The van der Waals surface area contributed by atoms with Gasteiger partial charge in [0.2, 0.25) is 0 Å². The number of ether oxygens (including phenoxy) is 1. The fourth-order valence-electron chi connectivity index (χ4n) is 2.31. The number of rotatable bonds is 5. The molecule has 2 heterocycles. The minimum absolute atomic E-state index is 0.274. The number of carbonyl (C=O) groups excluding carboxylic acids is 1. The average Bonchev–Trinajstić information content (AvgIpc) is 2.88. The summed E-state index contributed by atoms with van der Waals surface area (Å²) in [5, 5.41) is 16.1. The lowest BCUT2D eigenvalue weighted by atomic mass is 9.90. The number of nitrogens with one attached hydrogen (secondary N) is 1. The van der Waals surface area contributed by atoms with E-state index in [1.807, 2.05) is 6.92 Å². The third kappa shape index (κ3) is 2.82. The zero-order valence-corrected chi connectivity index (χ0v) is 11.5. The Hall–Kier alpha value is -1.89. The van der Waals surface area contributed by atoms with Gasteiger partial charge in [-0.05, 0) is 12.5 Å². The predicted octanol–water partition coefficient (Wildman–Crippen LogP) is 0.657. The summed E-state index contributed by atoms with van der Waals surface area (Å²) in [6, 6.07) is 1.60. The van der Waals surface area contributed by atoms with Gasteiger partial charge in [-0.15, -0.1) is 0 Å². The van der Waals surface area contributed by atoms with Crippen molar-refractivity contribution < 1.29 is 19.4 Å². The molecule has 0 aromatic carbocycles. The molecule has 2 N–H and O–H groups in total. The average molecular weight is 281 g/mol. The van der Waals surface area contributed by atoms with Gasteiger partial charge in [-0.1, -0.05) is 6.92 Å². The fraction of sp³-hybridized carbons (Fsp3) is 0.615. The highest BCUT2D eigenvalue weighted by Crippen LogP contribution is 2.21. The number of carboxylic acids is 1. The summed E-state index contributed by atoms with van der Waals surface area (Å²) in [5.74, 6) is -1.42. The topological polar surface area (TPSA) is 93.5 Å². The van der Waals surface area contributed by atoms with Crippen LogP contribution in [0, 0.1) is 0 Å². The molecule has 0 atom stereocenters. The number of amides is 1. The molecular formula is C13H19N3O4. The van der Waals surface area contributed by atoms with Gasteiger partial charge in [-0.3, -0.25) is 9.48 Å². The zero-order chi connectivity index (χ0) is 14.6. The molecule has 0 radical (unpaired) electrons. The maximum absolute atomic E-state index is 12.3. The molecule has 1 aromatic heterocycles. The van der Waals surface area contributed by atoms with Crippen LogP contribution in [0.4, 0.5) is 0 Å². The van der Waals surface area contributed by atoms with Crippen molar-refractivity contribution in [3.63, 3.8) is 0 Å². The Kier molecular flexibility index (Phi) is 4.39. The Morgan fingerprint density at radius 2 is 2.20 bits per heavy atom. The first-order valence-corrected chi connectivity index (χ1v) is 6.74. The number of aryl methyl sites for hydroxylation is 1. The molecule has 0 spiro atoms. The molecule has 1 amide bonds. The van der Waals surface area contributed by atoms with Crippen molar-refractivity contribution in [3.8, 4) is 0 Å². The summed E-state index contributed by atoms with van der Waals surface area (Å²) in [6.45, 7) is 3.28. The highest BCUT2D eigenvalue weighted by atomic mass is 16.5. The molecule has 0 bridgehead atoms. The van der Waals surface area contributed by atoms with E-state index in [0.29, 0.717) is 25.5 Å². The molecule has 1 saturated heterocycles. The monoisotopic (exact) mass is 281 g/mol. The van der Waals surface area contributed by atoms with E-state index < -0.39 is 17.4 Å². The summed E-state index contributed by atoms with van der Waals surface area (Å²) in [6.07, 6.45) is 2.94. The van der Waals surface area contributed by atoms with E-state index in [1.165, 1.54) is 0 Å². The molecule has 7 heteroatoms. The van der Waals surface area contributed by atoms with E-state index in [2.05, 4.69) is 10.4 Å². The van der Waals surface area contributed by atoms with Crippen LogP contribution in [0.1, 0.15) is 36.7 Å². The van der Waals surface area contributed by atoms with E-state index in [4.69, 9.17) is 4.74 Å². The Morgan fingerprint density at radius 1 is 1.50 bits per heavy atom. The molecule has 1 aromatic rings. The van der Waals surface area contributed by atoms with E-state index in [9.17, 15) is 14.7 Å². The van der Waals surface area contributed by atoms with Gasteiger partial charge in [0.1, 0.15) is 11.2 Å². The maximum Gasteiger partial charge on any atom is 0.329 e. The Morgan fingerprint density at radius 3 is 2.80 bits per heavy atom. The summed E-state index contributed by atoms with van der Waals surface area (Å²) >= 11 is 0. The summed E-state index contributed by atoms with van der Waals surface area (Å²) in [7, 11) is 0. The highest BCUT2D eigenvalue weighted by Gasteiger charge is 2.42. The molecule has 110 valence electrons. The van der Waals surface area contributed by atoms with Crippen molar-refractivity contribution >= 4 is 11.9 Å². The molecular weight excluding hydrogens is 262 g/mol. The van der Waals surface area contributed by atoms with Gasteiger partial charge in [-0.25, -0.2) is 4.79 Å². The lowest BCUT2D eigenvalue weighted by molar-refractivity contribution is -0.148. The second-order valence-corrected chi connectivity index (χ2v) is 4.89. The number of hydrogen-bond acceptors (Lipinski definition) is 4. The van der Waals surface area contributed by atoms with Gasteiger partial charge in [0.05, 0.1) is 0 Å². The van der Waals surface area contributed by atoms with Crippen molar-refractivity contribution in [2.24, 2.45) is 0 Å². The van der Waals surface area contributed by atoms with Crippen LogP contribution in [-0.4, -0.2) is 45.5 Å². The van der Waals surface area contributed by atoms with Gasteiger partial charge in [0.25, 0.3) is 5.91 Å². The van der Waals surface area contributed by atoms with Gasteiger partial charge in [-0.2, -0.15) is 5.10 Å². The number of hydrogen-bond donors (Lipinski definition) is 2. The minimum atomic E-state index is -1.24. The van der Waals surface area contributed by atoms with Crippen LogP contribution in [0.2, 0.25) is 0 Å². The first-order chi connectivity index (χ1) is 9.59. The molecule has 0 saturated carbocycles. The number of aromatic nitrogens is 2. The second-order valence-electron chi connectivity index (χ2n) is 4.89. The normalized spacial score (nSPS) is 17.6. The number of nitrogens with zero attached hydrogens (tertiary/aromatic N) is 2. The molecule has 1 aliphatic rings. The molecule has 2 rings (SSSR count). The first kappa shape index (κ1) is 14.5. The highest BCUT2D eigenvalue weighted by molar-refractivity contribution is 5.96. The Labute approximate surface area is 116 Å². The molecule has 1 aliphatic heterocycles. The summed E-state index contributed by atoms with van der Waals surface area (Å²) < 4.78 is 6.76. The fourth-order valence-corrected chi connectivity index (χ4v) is 2.31. The van der Waals surface area contributed by atoms with Crippen molar-refractivity contribution in [2.45, 2.75) is 38.3 Å². The van der Waals surface area contributed by atoms with Crippen molar-refractivity contribution in [2.75, 3.05) is 13.2 Å². The second kappa shape index (κ2) is 6.04. The van der Waals surface area contributed by atoms with Crippen molar-refractivity contribution in [3.05, 3.63) is 18.0 Å². The van der Waals surface area contributed by atoms with Crippen LogP contribution in [-0.2, 0) is 16.1 Å². The van der Waals surface area contributed by atoms with Gasteiger partial charge < -0.3 is 15.2 Å². The van der Waals surface area contributed by atoms with E-state index in [-0.39, 0.29) is 12.8 Å². The van der Waals surface area contributed by atoms with Crippen LogP contribution in [0.25, 0.3) is 0 Å². The van der Waals surface area contributed by atoms with Gasteiger partial charge in [0, 0.05) is 38.8 Å². The van der Waals surface area contributed by atoms with Gasteiger partial charge >= 0.3 is 5.97 Å². The van der Waals surface area contributed by atoms with Crippen molar-refractivity contribution in [1.82, 2.24) is 15.1 Å². The number of aliphatic carboxylic acids is 1. The molecule has 0 aliphatic carbocycles. The number of carbonyl (C=O) groups is 2. The smallest absolute Gasteiger partial charge is 0.329 e. The lowest BCUT2D eigenvalue weighted by Gasteiger charge is -2.33. The first-order valence-electron chi connectivity index (χ1n) is 6.74. The van der Waals surface area contributed by atoms with E-state index in [0.717, 1.165) is 6.42 Å². The molecule has 20 heavy (non-hydrogen) atoms. The van der Waals surface area contributed by atoms with Crippen LogP contribution >= 0.6 is 0 Å². The van der Waals surface area contributed by atoms with Crippen molar-refractivity contribution in [1.29, 1.82) is 0 Å². The Bertz CT molecular complexity index is 492. The molecule has 7 nitrogen and oxygen atoms in total. The number of carboxylic acid groups (broad SMARTS) is 1. The molecule has 0 unspecified atom stereocenters. The van der Waals surface area contributed by atoms with Crippen LogP contribution in [0.3, 0.4) is 0 Å². The van der Waals surface area contributed by atoms with Crippen LogP contribution in [0.15, 0.2) is 12.3 Å². The predicted molar refractivity (Wildman–Crippen MR) is 70.4 cm³/mol. The van der Waals surface area contributed by atoms with Gasteiger partial charge in [0.15, 0.2) is 0 Å². The Balaban J connectivity index is 2.16.